The fourth-order valence-electron chi connectivity index (χ4n) is 5.34. The van der Waals surface area contributed by atoms with Crippen LogP contribution < -0.4 is 15.5 Å². The van der Waals surface area contributed by atoms with Crippen molar-refractivity contribution in [2.24, 2.45) is 5.92 Å². The molecule has 10 nitrogen and oxygen atoms in total. The third-order valence-corrected chi connectivity index (χ3v) is 7.29. The van der Waals surface area contributed by atoms with Crippen LogP contribution >= 0.6 is 0 Å². The summed E-state index contributed by atoms with van der Waals surface area (Å²) < 4.78 is 5.65. The van der Waals surface area contributed by atoms with E-state index in [4.69, 9.17) is 20.4 Å². The van der Waals surface area contributed by atoms with E-state index < -0.39 is 0 Å². The summed E-state index contributed by atoms with van der Waals surface area (Å²) in [4.78, 5) is 37.9. The Morgan fingerprint density at radius 3 is 2.68 bits per heavy atom. The highest BCUT2D eigenvalue weighted by molar-refractivity contribution is 5.79. The van der Waals surface area contributed by atoms with Gasteiger partial charge in [-0.05, 0) is 26.7 Å². The van der Waals surface area contributed by atoms with Crippen LogP contribution in [0.5, 0.6) is 0 Å². The Hall–Kier alpha value is -3.01. The van der Waals surface area contributed by atoms with Gasteiger partial charge in [-0.1, -0.05) is 13.8 Å². The molecule has 2 atom stereocenters. The van der Waals surface area contributed by atoms with Crippen LogP contribution in [0.1, 0.15) is 39.7 Å². The van der Waals surface area contributed by atoms with E-state index in [0.717, 1.165) is 55.1 Å². The summed E-state index contributed by atoms with van der Waals surface area (Å²) in [5.74, 6) is 2.11. The molecule has 5 heterocycles. The van der Waals surface area contributed by atoms with Gasteiger partial charge >= 0.3 is 0 Å². The Kier molecular flexibility index (Phi) is 5.79. The standard InChI is InChI=1S/C24H34N8O2/c1-15(2)21(33)30-8-6-24(4,14-30)32-7-5-18-19(17-11-26-22(25)27-12-17)28-23(29-20(18)32)31-9-10-34-13-16(31)3/h11-12,15-16H,5-10,13-14H2,1-4H3,(H2,25,26,27). The summed E-state index contributed by atoms with van der Waals surface area (Å²) in [5, 5.41) is 0. The van der Waals surface area contributed by atoms with Gasteiger partial charge in [-0.25, -0.2) is 15.0 Å². The van der Waals surface area contributed by atoms with Gasteiger partial charge in [0.2, 0.25) is 17.8 Å². The molecule has 0 spiro atoms. The molecule has 0 saturated carbocycles. The van der Waals surface area contributed by atoms with Crippen molar-refractivity contribution in [3.63, 3.8) is 0 Å². The van der Waals surface area contributed by atoms with Crippen molar-refractivity contribution in [1.29, 1.82) is 0 Å². The number of amides is 1. The zero-order valence-electron chi connectivity index (χ0n) is 20.5. The summed E-state index contributed by atoms with van der Waals surface area (Å²) in [7, 11) is 0. The minimum absolute atomic E-state index is 0.00192. The van der Waals surface area contributed by atoms with Gasteiger partial charge in [0.05, 0.1) is 30.5 Å². The van der Waals surface area contributed by atoms with Crippen LogP contribution in [0.15, 0.2) is 12.4 Å². The largest absolute Gasteiger partial charge is 0.377 e. The minimum Gasteiger partial charge on any atom is -0.377 e. The van der Waals surface area contributed by atoms with Crippen molar-refractivity contribution in [3.05, 3.63) is 18.0 Å². The monoisotopic (exact) mass is 466 g/mol. The first-order valence-corrected chi connectivity index (χ1v) is 12.2. The first-order chi connectivity index (χ1) is 16.3. The highest BCUT2D eigenvalue weighted by atomic mass is 16.5. The first-order valence-electron chi connectivity index (χ1n) is 12.2. The lowest BCUT2D eigenvalue weighted by atomic mass is 9.99. The quantitative estimate of drug-likeness (QED) is 0.720. The summed E-state index contributed by atoms with van der Waals surface area (Å²) >= 11 is 0. The van der Waals surface area contributed by atoms with Crippen molar-refractivity contribution >= 4 is 23.6 Å². The molecule has 2 saturated heterocycles. The number of hydrogen-bond acceptors (Lipinski definition) is 9. The highest BCUT2D eigenvalue weighted by Crippen LogP contribution is 2.41. The first kappa shape index (κ1) is 22.8. The number of nitrogens with zero attached hydrogens (tertiary/aromatic N) is 7. The van der Waals surface area contributed by atoms with Crippen molar-refractivity contribution < 1.29 is 9.53 Å². The van der Waals surface area contributed by atoms with Crippen LogP contribution in [0, 0.1) is 5.92 Å². The lowest BCUT2D eigenvalue weighted by Gasteiger charge is -2.38. The topological polar surface area (TPSA) is 114 Å². The van der Waals surface area contributed by atoms with Gasteiger partial charge in [-0.3, -0.25) is 4.79 Å². The van der Waals surface area contributed by atoms with Gasteiger partial charge in [0.15, 0.2) is 0 Å². The second-order valence-corrected chi connectivity index (χ2v) is 10.2. The van der Waals surface area contributed by atoms with Crippen LogP contribution in [0.2, 0.25) is 0 Å². The smallest absolute Gasteiger partial charge is 0.228 e. The summed E-state index contributed by atoms with van der Waals surface area (Å²) in [5.41, 5.74) is 8.37. The molecule has 3 aliphatic heterocycles. The van der Waals surface area contributed by atoms with Gasteiger partial charge in [-0.2, -0.15) is 4.98 Å². The lowest BCUT2D eigenvalue weighted by Crippen LogP contribution is -2.49. The van der Waals surface area contributed by atoms with E-state index in [0.29, 0.717) is 25.7 Å². The Balaban J connectivity index is 1.56. The predicted molar refractivity (Wildman–Crippen MR) is 131 cm³/mol. The van der Waals surface area contributed by atoms with E-state index in [1.165, 1.54) is 0 Å². The zero-order chi connectivity index (χ0) is 24.0. The molecule has 2 aromatic rings. The average molecular weight is 467 g/mol. The maximum atomic E-state index is 12.7. The maximum absolute atomic E-state index is 12.7. The number of nitrogen functional groups attached to an aromatic ring is 1. The van der Waals surface area contributed by atoms with Crippen LogP contribution in [0.25, 0.3) is 11.3 Å². The van der Waals surface area contributed by atoms with Gasteiger partial charge < -0.3 is 25.2 Å². The molecule has 2 unspecified atom stereocenters. The summed E-state index contributed by atoms with van der Waals surface area (Å²) in [6.45, 7) is 12.7. The van der Waals surface area contributed by atoms with Crippen molar-refractivity contribution in [1.82, 2.24) is 24.8 Å². The van der Waals surface area contributed by atoms with Crippen LogP contribution in [0.3, 0.4) is 0 Å². The molecule has 2 fully saturated rings. The zero-order valence-corrected chi connectivity index (χ0v) is 20.5. The number of likely N-dealkylation sites (tertiary alicyclic amines) is 1. The number of aromatic nitrogens is 4. The molecular weight excluding hydrogens is 432 g/mol. The fourth-order valence-corrected chi connectivity index (χ4v) is 5.34. The van der Waals surface area contributed by atoms with E-state index in [1.54, 1.807) is 12.4 Å². The number of morpholine rings is 1. The van der Waals surface area contributed by atoms with E-state index >= 15 is 0 Å². The van der Waals surface area contributed by atoms with E-state index in [9.17, 15) is 4.79 Å². The van der Waals surface area contributed by atoms with Gasteiger partial charge in [0.1, 0.15) is 5.82 Å². The normalized spacial score (nSPS) is 24.7. The van der Waals surface area contributed by atoms with E-state index in [2.05, 4.69) is 33.6 Å². The minimum atomic E-state index is -0.174. The molecule has 0 aromatic carbocycles. The van der Waals surface area contributed by atoms with Crippen LogP contribution in [-0.2, 0) is 16.0 Å². The van der Waals surface area contributed by atoms with Crippen LogP contribution in [0.4, 0.5) is 17.7 Å². The van der Waals surface area contributed by atoms with E-state index in [-0.39, 0.29) is 29.4 Å². The third-order valence-electron chi connectivity index (χ3n) is 7.29. The third kappa shape index (κ3) is 3.93. The molecule has 1 amide bonds. The lowest BCUT2D eigenvalue weighted by molar-refractivity contribution is -0.133. The van der Waals surface area contributed by atoms with Gasteiger partial charge in [0, 0.05) is 55.6 Å². The Morgan fingerprint density at radius 1 is 1.21 bits per heavy atom. The van der Waals surface area contributed by atoms with Crippen LogP contribution in [-0.4, -0.2) is 81.7 Å². The number of fused-ring (bicyclic) bond motifs is 1. The fraction of sp³-hybridized carbons (Fsp3) is 0.625. The molecule has 2 N–H and O–H groups in total. The number of carbonyl (C=O) groups is 1. The molecule has 10 heteroatoms. The van der Waals surface area contributed by atoms with Gasteiger partial charge in [0.25, 0.3) is 0 Å². The molecule has 3 aliphatic rings. The Bertz CT molecular complexity index is 1080. The van der Waals surface area contributed by atoms with E-state index in [1.807, 2.05) is 18.7 Å². The molecule has 182 valence electrons. The Morgan fingerprint density at radius 2 is 1.97 bits per heavy atom. The number of rotatable bonds is 4. The predicted octanol–water partition coefficient (Wildman–Crippen LogP) is 1.75. The second kappa shape index (κ2) is 8.65. The molecule has 34 heavy (non-hydrogen) atoms. The van der Waals surface area contributed by atoms with Crippen molar-refractivity contribution in [3.8, 4) is 11.3 Å². The van der Waals surface area contributed by atoms with Crippen molar-refractivity contribution in [2.75, 3.05) is 54.9 Å². The Labute approximate surface area is 200 Å². The molecule has 0 aliphatic carbocycles. The number of anilines is 3. The SMILES string of the molecule is CC(C)C(=O)N1CCC(C)(N2CCc3c(-c4cnc(N)nc4)nc(N4CCOCC4C)nc32)C1. The second-order valence-electron chi connectivity index (χ2n) is 10.2. The average Bonchev–Trinajstić information content (AvgIpc) is 3.43. The molecule has 0 bridgehead atoms. The number of carbonyl (C=O) groups excluding carboxylic acids is 1. The molecular formula is C24H34N8O2. The molecule has 0 radical (unpaired) electrons. The summed E-state index contributed by atoms with van der Waals surface area (Å²) in [6, 6.07) is 0.179. The highest BCUT2D eigenvalue weighted by Gasteiger charge is 2.45. The van der Waals surface area contributed by atoms with Crippen molar-refractivity contribution in [2.45, 2.75) is 52.1 Å². The number of nitrogens with two attached hydrogens (primary N) is 1. The molecule has 5 rings (SSSR count). The summed E-state index contributed by atoms with van der Waals surface area (Å²) in [6.07, 6.45) is 5.22. The maximum Gasteiger partial charge on any atom is 0.228 e. The number of hydrogen-bond donors (Lipinski definition) is 1. The number of ether oxygens (including phenoxy) is 1. The molecule has 2 aromatic heterocycles. The van der Waals surface area contributed by atoms with Gasteiger partial charge in [-0.15, -0.1) is 0 Å².